The molecular formula is C20H31N3O4S. The smallest absolute Gasteiger partial charge is 0.273 e. The Morgan fingerprint density at radius 3 is 2.93 bits per heavy atom. The Labute approximate surface area is 170 Å². The molecule has 7 nitrogen and oxygen atoms in total. The molecule has 0 bridgehead atoms. The number of ketones is 1. The van der Waals surface area contributed by atoms with Gasteiger partial charge in [-0.1, -0.05) is 11.3 Å². The van der Waals surface area contributed by atoms with Crippen LogP contribution in [0, 0.1) is 17.8 Å². The summed E-state index contributed by atoms with van der Waals surface area (Å²) in [5, 5.41) is 16.4. The number of hydrogen-bond donors (Lipinski definition) is 3. The third-order valence-electron chi connectivity index (χ3n) is 5.32. The molecule has 0 saturated heterocycles. The summed E-state index contributed by atoms with van der Waals surface area (Å²) in [7, 11) is 0. The minimum Gasteiger partial charge on any atom is -0.467 e. The summed E-state index contributed by atoms with van der Waals surface area (Å²) in [5.74, 6) is 1.74. The molecule has 3 N–H and O–H groups in total. The van der Waals surface area contributed by atoms with Crippen LogP contribution in [0.1, 0.15) is 56.1 Å². The first-order chi connectivity index (χ1) is 13.2. The normalized spacial score (nSPS) is 24.7. The van der Waals surface area contributed by atoms with E-state index in [2.05, 4.69) is 15.6 Å². The largest absolute Gasteiger partial charge is 0.467 e. The van der Waals surface area contributed by atoms with Crippen molar-refractivity contribution in [3.63, 3.8) is 0 Å². The highest BCUT2D eigenvalue weighted by molar-refractivity contribution is 7.15. The number of aliphatic hydroxyl groups is 1. The lowest BCUT2D eigenvalue weighted by Gasteiger charge is -2.22. The first kappa shape index (κ1) is 21.2. The SMILES string of the molecule is CC(C)(C)NCC(O)COc1ncc(C(=O)NCCCC2C(=O)CC3CC32)s1. The van der Waals surface area contributed by atoms with Crippen LogP contribution in [0.15, 0.2) is 6.20 Å². The lowest BCUT2D eigenvalue weighted by atomic mass is 9.96. The monoisotopic (exact) mass is 409 g/mol. The number of hydrogen-bond acceptors (Lipinski definition) is 7. The number of β-amino-alcohol motifs (C(OH)–C–C–N with tert-alkyl or cyclic N) is 1. The number of carbonyl (C=O) groups excluding carboxylic acids is 2. The highest BCUT2D eigenvalue weighted by Crippen LogP contribution is 2.54. The van der Waals surface area contributed by atoms with Crippen LogP contribution >= 0.6 is 11.3 Å². The fraction of sp³-hybridized carbons (Fsp3) is 0.750. The van der Waals surface area contributed by atoms with E-state index in [4.69, 9.17) is 4.74 Å². The van der Waals surface area contributed by atoms with Crippen molar-refractivity contribution in [2.75, 3.05) is 19.7 Å². The Hall–Kier alpha value is -1.51. The van der Waals surface area contributed by atoms with Crippen molar-refractivity contribution in [1.29, 1.82) is 0 Å². The van der Waals surface area contributed by atoms with Crippen LogP contribution in [0.25, 0.3) is 0 Å². The maximum absolute atomic E-state index is 12.2. The summed E-state index contributed by atoms with van der Waals surface area (Å²) in [6.45, 7) is 7.19. The number of amides is 1. The molecule has 8 heteroatoms. The molecule has 1 heterocycles. The summed E-state index contributed by atoms with van der Waals surface area (Å²) in [6.07, 6.45) is 4.52. The number of nitrogens with one attached hydrogen (secondary N) is 2. The molecule has 0 radical (unpaired) electrons. The van der Waals surface area contributed by atoms with E-state index in [9.17, 15) is 14.7 Å². The predicted molar refractivity (Wildman–Crippen MR) is 108 cm³/mol. The second kappa shape index (κ2) is 8.88. The highest BCUT2D eigenvalue weighted by atomic mass is 32.1. The molecule has 156 valence electrons. The van der Waals surface area contributed by atoms with Crippen LogP contribution in [-0.2, 0) is 4.79 Å². The molecule has 1 aromatic heterocycles. The number of ether oxygens (including phenoxy) is 1. The number of aliphatic hydroxyl groups excluding tert-OH is 1. The number of aromatic nitrogens is 1. The van der Waals surface area contributed by atoms with Crippen molar-refractivity contribution < 1.29 is 19.4 Å². The van der Waals surface area contributed by atoms with Gasteiger partial charge >= 0.3 is 0 Å². The van der Waals surface area contributed by atoms with Crippen LogP contribution < -0.4 is 15.4 Å². The molecule has 2 fully saturated rings. The van der Waals surface area contributed by atoms with Crippen LogP contribution in [0.4, 0.5) is 0 Å². The van der Waals surface area contributed by atoms with Crippen LogP contribution in [-0.4, -0.2) is 53.1 Å². The lowest BCUT2D eigenvalue weighted by Crippen LogP contribution is -2.42. The summed E-state index contributed by atoms with van der Waals surface area (Å²) in [4.78, 5) is 28.6. The van der Waals surface area contributed by atoms with Crippen molar-refractivity contribution >= 4 is 23.0 Å². The van der Waals surface area contributed by atoms with Crippen molar-refractivity contribution in [2.24, 2.45) is 17.8 Å². The highest BCUT2D eigenvalue weighted by Gasteiger charge is 2.52. The quantitative estimate of drug-likeness (QED) is 0.511. The molecule has 0 aliphatic heterocycles. The van der Waals surface area contributed by atoms with E-state index < -0.39 is 6.10 Å². The van der Waals surface area contributed by atoms with Gasteiger partial charge in [0.1, 0.15) is 23.4 Å². The molecule has 2 saturated carbocycles. The average molecular weight is 410 g/mol. The fourth-order valence-electron chi connectivity index (χ4n) is 3.71. The Kier molecular flexibility index (Phi) is 6.73. The molecule has 1 amide bonds. The molecule has 4 atom stereocenters. The molecule has 4 unspecified atom stereocenters. The van der Waals surface area contributed by atoms with Crippen molar-refractivity contribution in [1.82, 2.24) is 15.6 Å². The molecule has 2 aliphatic carbocycles. The minimum atomic E-state index is -0.648. The Balaban J connectivity index is 1.32. The topological polar surface area (TPSA) is 101 Å². The summed E-state index contributed by atoms with van der Waals surface area (Å²) in [6, 6.07) is 0. The van der Waals surface area contributed by atoms with Gasteiger partial charge in [-0.05, 0) is 51.9 Å². The van der Waals surface area contributed by atoms with Gasteiger partial charge in [-0.3, -0.25) is 9.59 Å². The van der Waals surface area contributed by atoms with E-state index in [1.807, 2.05) is 20.8 Å². The zero-order valence-corrected chi connectivity index (χ0v) is 17.7. The van der Waals surface area contributed by atoms with E-state index in [0.717, 1.165) is 19.3 Å². The van der Waals surface area contributed by atoms with Gasteiger partial charge in [0.15, 0.2) is 0 Å². The zero-order valence-electron chi connectivity index (χ0n) is 16.9. The number of carbonyl (C=O) groups is 2. The van der Waals surface area contributed by atoms with Crippen LogP contribution in [0.2, 0.25) is 0 Å². The van der Waals surface area contributed by atoms with E-state index in [0.29, 0.717) is 40.8 Å². The maximum Gasteiger partial charge on any atom is 0.273 e. The van der Waals surface area contributed by atoms with Crippen molar-refractivity contribution in [3.05, 3.63) is 11.1 Å². The number of Topliss-reactive ketones (excluding diaryl/α,β-unsaturated/α-hetero) is 1. The lowest BCUT2D eigenvalue weighted by molar-refractivity contribution is -0.121. The van der Waals surface area contributed by atoms with Crippen molar-refractivity contribution in [3.8, 4) is 5.19 Å². The molecule has 3 rings (SSSR count). The first-order valence-electron chi connectivity index (χ1n) is 10.1. The minimum absolute atomic E-state index is 0.0706. The van der Waals surface area contributed by atoms with Gasteiger partial charge in [-0.15, -0.1) is 0 Å². The van der Waals surface area contributed by atoms with Gasteiger partial charge in [-0.25, -0.2) is 4.98 Å². The molecule has 0 spiro atoms. The van der Waals surface area contributed by atoms with Gasteiger partial charge in [0, 0.05) is 31.0 Å². The second-order valence-corrected chi connectivity index (χ2v) is 9.91. The van der Waals surface area contributed by atoms with E-state index in [1.54, 1.807) is 0 Å². The van der Waals surface area contributed by atoms with E-state index >= 15 is 0 Å². The Morgan fingerprint density at radius 1 is 1.46 bits per heavy atom. The predicted octanol–water partition coefficient (Wildman–Crippen LogP) is 2.01. The van der Waals surface area contributed by atoms with Gasteiger partial charge < -0.3 is 20.5 Å². The third kappa shape index (κ3) is 5.99. The van der Waals surface area contributed by atoms with Crippen LogP contribution in [0.5, 0.6) is 5.19 Å². The van der Waals surface area contributed by atoms with E-state index in [1.165, 1.54) is 24.0 Å². The number of nitrogens with zero attached hydrogens (tertiary/aromatic N) is 1. The molecular weight excluding hydrogens is 378 g/mol. The maximum atomic E-state index is 12.2. The Morgan fingerprint density at radius 2 is 2.25 bits per heavy atom. The standard InChI is InChI=1S/C20H31N3O4S/c1-20(2,3)23-9-13(24)11-27-19-22-10-17(28-19)18(26)21-6-4-5-14-15-7-12(15)8-16(14)25/h10,12-15,23-24H,4-9,11H2,1-3H3,(H,21,26). The summed E-state index contributed by atoms with van der Waals surface area (Å²) in [5.41, 5.74) is -0.0706. The van der Waals surface area contributed by atoms with Gasteiger partial charge in [0.25, 0.3) is 11.1 Å². The summed E-state index contributed by atoms with van der Waals surface area (Å²) >= 11 is 1.17. The zero-order chi connectivity index (χ0) is 20.3. The van der Waals surface area contributed by atoms with Gasteiger partial charge in [0.2, 0.25) is 0 Å². The molecule has 2 aliphatic rings. The Bertz CT molecular complexity index is 700. The van der Waals surface area contributed by atoms with Crippen molar-refractivity contribution in [2.45, 2.75) is 58.1 Å². The van der Waals surface area contributed by atoms with E-state index in [-0.39, 0.29) is 24.0 Å². The molecule has 28 heavy (non-hydrogen) atoms. The number of rotatable bonds is 10. The first-order valence-corrected chi connectivity index (χ1v) is 10.9. The van der Waals surface area contributed by atoms with Gasteiger partial charge in [0.05, 0.1) is 6.20 Å². The fourth-order valence-corrected chi connectivity index (χ4v) is 4.40. The number of fused-ring (bicyclic) bond motifs is 1. The summed E-state index contributed by atoms with van der Waals surface area (Å²) < 4.78 is 5.49. The van der Waals surface area contributed by atoms with Crippen LogP contribution in [0.3, 0.4) is 0 Å². The average Bonchev–Trinajstić information content (AvgIpc) is 3.08. The van der Waals surface area contributed by atoms with Gasteiger partial charge in [-0.2, -0.15) is 0 Å². The third-order valence-corrected chi connectivity index (χ3v) is 6.23. The second-order valence-electron chi connectivity index (χ2n) is 8.92. The number of thiazole rings is 1. The molecule has 1 aromatic rings. The molecule has 0 aromatic carbocycles.